The van der Waals surface area contributed by atoms with Crippen LogP contribution in [0, 0.1) is 0 Å². The number of para-hydroxylation sites is 1. The molecule has 0 atom stereocenters. The van der Waals surface area contributed by atoms with Crippen LogP contribution in [0.4, 0.5) is 0 Å². The predicted molar refractivity (Wildman–Crippen MR) is 163 cm³/mol. The van der Waals surface area contributed by atoms with Crippen LogP contribution in [0.15, 0.2) is 74.2 Å². The van der Waals surface area contributed by atoms with Crippen molar-refractivity contribution >= 4 is 58.9 Å². The Morgan fingerprint density at radius 2 is 1.41 bits per heavy atom. The molecule has 5 nitrogen and oxygen atoms in total. The zero-order valence-corrected chi connectivity index (χ0v) is 25.7. The third-order valence-electron chi connectivity index (χ3n) is 4.88. The summed E-state index contributed by atoms with van der Waals surface area (Å²) in [5.41, 5.74) is 1.83. The first-order valence-corrected chi connectivity index (χ1v) is 15.6. The lowest BCUT2D eigenvalue weighted by Gasteiger charge is -2.20. The van der Waals surface area contributed by atoms with Crippen LogP contribution in [0.3, 0.4) is 0 Å². The number of aromatic nitrogens is 2. The van der Waals surface area contributed by atoms with Crippen LogP contribution in [0.25, 0.3) is 11.0 Å². The maximum absolute atomic E-state index is 5.85. The van der Waals surface area contributed by atoms with Gasteiger partial charge in [0.15, 0.2) is 11.5 Å². The van der Waals surface area contributed by atoms with E-state index in [1.54, 1.807) is 36.9 Å². The quantitative estimate of drug-likeness (QED) is 0.230. The average molecular weight is 577 g/mol. The first-order chi connectivity index (χ1) is 18.2. The smallest absolute Gasteiger partial charge is 0.175 e. The van der Waals surface area contributed by atoms with Gasteiger partial charge in [0, 0.05) is 14.7 Å². The summed E-state index contributed by atoms with van der Waals surface area (Å²) in [7, 11) is 1.67. The van der Waals surface area contributed by atoms with E-state index in [-0.39, 0.29) is 0 Å². The van der Waals surface area contributed by atoms with Crippen LogP contribution < -0.4 is 14.2 Å². The summed E-state index contributed by atoms with van der Waals surface area (Å²) < 4.78 is 25.9. The molecule has 9 heteroatoms. The zero-order valence-electron chi connectivity index (χ0n) is 22.3. The van der Waals surface area contributed by atoms with Gasteiger partial charge < -0.3 is 14.2 Å². The van der Waals surface area contributed by atoms with Crippen LogP contribution in [-0.2, 0) is 0 Å². The molecule has 0 spiro atoms. The highest BCUT2D eigenvalue weighted by atomic mass is 32.2. The van der Waals surface area contributed by atoms with Crippen molar-refractivity contribution in [2.24, 2.45) is 0 Å². The molecule has 0 N–H and O–H groups in total. The normalized spacial score (nSPS) is 11.2. The second-order valence-electron chi connectivity index (χ2n) is 7.18. The summed E-state index contributed by atoms with van der Waals surface area (Å²) in [6, 6.07) is 18.2. The minimum atomic E-state index is 0.565. The number of thiol groups is 1. The molecule has 0 bridgehead atoms. The van der Waals surface area contributed by atoms with Gasteiger partial charge in [0.05, 0.1) is 23.7 Å². The third-order valence-corrected chi connectivity index (χ3v) is 7.56. The van der Waals surface area contributed by atoms with Gasteiger partial charge in [-0.15, -0.1) is 0 Å². The van der Waals surface area contributed by atoms with Gasteiger partial charge in [0.25, 0.3) is 0 Å². The summed E-state index contributed by atoms with van der Waals surface area (Å²) in [5, 5.41) is 0. The maximum Gasteiger partial charge on any atom is 0.175 e. The van der Waals surface area contributed by atoms with E-state index in [0.29, 0.717) is 13.2 Å². The summed E-state index contributed by atoms with van der Waals surface area (Å²) in [5.74, 6) is 2.44. The molecule has 200 valence electrons. The molecule has 5 rings (SSSR count). The SMILES string of the molecule is CC.CCCC.COc1ccc(Sc2ccc(Sc3cccc4c3OCCO4)c3nsnc23)cc1.CS. The molecule has 0 saturated heterocycles. The molecule has 0 saturated carbocycles. The van der Waals surface area contributed by atoms with Crippen molar-refractivity contribution in [2.75, 3.05) is 26.6 Å². The van der Waals surface area contributed by atoms with Crippen LogP contribution in [-0.4, -0.2) is 35.3 Å². The number of hydrogen-bond acceptors (Lipinski definition) is 9. The molecule has 0 radical (unpaired) electrons. The number of nitrogens with zero attached hydrogens (tertiary/aromatic N) is 2. The van der Waals surface area contributed by atoms with E-state index in [0.717, 1.165) is 47.9 Å². The molecule has 2 heterocycles. The summed E-state index contributed by atoms with van der Waals surface area (Å²) >= 11 is 8.07. The number of hydrogen-bond donors (Lipinski definition) is 1. The van der Waals surface area contributed by atoms with Gasteiger partial charge in [0.2, 0.25) is 0 Å². The van der Waals surface area contributed by atoms with Crippen molar-refractivity contribution in [3.63, 3.8) is 0 Å². The minimum absolute atomic E-state index is 0.565. The molecule has 1 aliphatic heterocycles. The number of ether oxygens (including phenoxy) is 3. The zero-order chi connectivity index (χ0) is 27.0. The van der Waals surface area contributed by atoms with E-state index >= 15 is 0 Å². The molecular formula is C28H36N2O3S4. The first kappa shape index (κ1) is 31.1. The van der Waals surface area contributed by atoms with Gasteiger partial charge in [-0.3, -0.25) is 0 Å². The molecule has 0 aliphatic carbocycles. The minimum Gasteiger partial charge on any atom is -0.497 e. The number of benzene rings is 3. The Hall–Kier alpha value is -2.07. The second kappa shape index (κ2) is 17.4. The first-order valence-electron chi connectivity index (χ1n) is 12.3. The average Bonchev–Trinajstić information content (AvgIpc) is 3.48. The van der Waals surface area contributed by atoms with Crippen LogP contribution >= 0.6 is 47.9 Å². The fourth-order valence-corrected chi connectivity index (χ4v) is 5.60. The van der Waals surface area contributed by atoms with Gasteiger partial charge in [0.1, 0.15) is 30.0 Å². The van der Waals surface area contributed by atoms with Crippen molar-refractivity contribution in [2.45, 2.75) is 60.1 Å². The molecule has 37 heavy (non-hydrogen) atoms. The van der Waals surface area contributed by atoms with Crippen molar-refractivity contribution in [3.05, 3.63) is 54.6 Å². The van der Waals surface area contributed by atoms with Crippen molar-refractivity contribution in [1.29, 1.82) is 0 Å². The van der Waals surface area contributed by atoms with Gasteiger partial charge >= 0.3 is 0 Å². The molecular weight excluding hydrogens is 541 g/mol. The van der Waals surface area contributed by atoms with E-state index in [1.807, 2.05) is 56.3 Å². The summed E-state index contributed by atoms with van der Waals surface area (Å²) in [4.78, 5) is 4.28. The molecule has 3 aromatic carbocycles. The standard InChI is InChI=1S/C21H16N2O3S3.C4H10.C2H6.CH4S/c1-24-13-5-7-14(8-6-13)27-16-9-10-17(20-19(16)22-29-23-20)28-18-4-2-3-15-21(18)26-12-11-25-15;1-3-4-2;2*1-2/h2-10H,11-12H2,1H3;3-4H2,1-2H3;1-2H3;2H,1H3. The summed E-state index contributed by atoms with van der Waals surface area (Å²) in [6.07, 6.45) is 4.33. The predicted octanol–water partition coefficient (Wildman–Crippen LogP) is 9.15. The molecule has 0 unspecified atom stereocenters. The molecule has 1 aliphatic rings. The fraction of sp³-hybridized carbons (Fsp3) is 0.357. The number of methoxy groups -OCH3 is 1. The Bertz CT molecular complexity index is 1200. The van der Waals surface area contributed by atoms with E-state index < -0.39 is 0 Å². The van der Waals surface area contributed by atoms with Crippen LogP contribution in [0.2, 0.25) is 0 Å². The van der Waals surface area contributed by atoms with E-state index in [9.17, 15) is 0 Å². The van der Waals surface area contributed by atoms with E-state index in [2.05, 4.69) is 47.4 Å². The fourth-order valence-electron chi connectivity index (χ4n) is 3.00. The number of fused-ring (bicyclic) bond motifs is 2. The lowest BCUT2D eigenvalue weighted by Crippen LogP contribution is -2.15. The molecule has 0 fully saturated rings. The lowest BCUT2D eigenvalue weighted by molar-refractivity contribution is 0.167. The topological polar surface area (TPSA) is 53.5 Å². The molecule has 1 aromatic heterocycles. The van der Waals surface area contributed by atoms with Crippen molar-refractivity contribution < 1.29 is 14.2 Å². The van der Waals surface area contributed by atoms with E-state index in [4.69, 9.17) is 14.2 Å². The Balaban J connectivity index is 0.000000541. The van der Waals surface area contributed by atoms with Crippen LogP contribution in [0.1, 0.15) is 40.5 Å². The second-order valence-corrected chi connectivity index (χ2v) is 9.91. The lowest BCUT2D eigenvalue weighted by atomic mass is 10.3. The Morgan fingerprint density at radius 1 is 0.811 bits per heavy atom. The highest BCUT2D eigenvalue weighted by Gasteiger charge is 2.19. The van der Waals surface area contributed by atoms with Gasteiger partial charge in [-0.2, -0.15) is 21.4 Å². The van der Waals surface area contributed by atoms with Crippen molar-refractivity contribution in [1.82, 2.24) is 8.75 Å². The number of rotatable bonds is 6. The van der Waals surface area contributed by atoms with Gasteiger partial charge in [-0.05, 0) is 54.8 Å². The Morgan fingerprint density at radius 3 is 2.00 bits per heavy atom. The molecule has 0 amide bonds. The van der Waals surface area contributed by atoms with E-state index in [1.165, 1.54) is 24.6 Å². The van der Waals surface area contributed by atoms with Crippen molar-refractivity contribution in [3.8, 4) is 17.2 Å². The highest BCUT2D eigenvalue weighted by Crippen LogP contribution is 2.45. The van der Waals surface area contributed by atoms with Crippen LogP contribution in [0.5, 0.6) is 17.2 Å². The number of unbranched alkanes of at least 4 members (excludes halogenated alkanes) is 1. The Labute approximate surface area is 239 Å². The van der Waals surface area contributed by atoms with Gasteiger partial charge in [-0.1, -0.05) is 70.1 Å². The highest BCUT2D eigenvalue weighted by molar-refractivity contribution is 8.00. The third kappa shape index (κ3) is 8.74. The van der Waals surface area contributed by atoms with Gasteiger partial charge in [-0.25, -0.2) is 0 Å². The largest absolute Gasteiger partial charge is 0.497 e. The maximum atomic E-state index is 5.85. The monoisotopic (exact) mass is 576 g/mol. The Kier molecular flexibility index (Phi) is 14.7. The summed E-state index contributed by atoms with van der Waals surface area (Å²) in [6.45, 7) is 9.51. The molecule has 4 aromatic rings.